The third kappa shape index (κ3) is 3.58. The van der Waals surface area contributed by atoms with Gasteiger partial charge in [0.15, 0.2) is 0 Å². The highest BCUT2D eigenvalue weighted by Gasteiger charge is 2.43. The highest BCUT2D eigenvalue weighted by molar-refractivity contribution is 6.45. The van der Waals surface area contributed by atoms with Gasteiger partial charge >= 0.3 is 0 Å². The molecule has 2 heterocycles. The lowest BCUT2D eigenvalue weighted by molar-refractivity contribution is -0.120. The number of anilines is 1. The van der Waals surface area contributed by atoms with Crippen LogP contribution in [0.1, 0.15) is 36.5 Å². The van der Waals surface area contributed by atoms with Gasteiger partial charge in [-0.2, -0.15) is 0 Å². The van der Waals surface area contributed by atoms with E-state index < -0.39 is 0 Å². The van der Waals surface area contributed by atoms with Crippen LogP contribution in [0.5, 0.6) is 0 Å². The summed E-state index contributed by atoms with van der Waals surface area (Å²) in [6, 6.07) is 12.9. The average Bonchev–Trinajstić information content (AvgIpc) is 2.94. The van der Waals surface area contributed by atoms with Gasteiger partial charge in [-0.05, 0) is 68.0 Å². The molecule has 2 aromatic carbocycles. The molecule has 2 aliphatic rings. The van der Waals surface area contributed by atoms with E-state index in [0.29, 0.717) is 27.9 Å². The van der Waals surface area contributed by atoms with Crippen molar-refractivity contribution in [1.82, 2.24) is 4.90 Å². The summed E-state index contributed by atoms with van der Waals surface area (Å²) in [6.07, 6.45) is 2.04. The molecule has 0 atom stereocenters. The zero-order valence-electron chi connectivity index (χ0n) is 17.0. The van der Waals surface area contributed by atoms with E-state index in [1.807, 2.05) is 26.0 Å². The topological polar surface area (TPSA) is 40.6 Å². The number of nitrogens with zero attached hydrogens (tertiary/aromatic N) is 2. The van der Waals surface area contributed by atoms with Gasteiger partial charge in [0, 0.05) is 18.1 Å². The number of rotatable bonds is 3. The number of aryl methyl sites for hydroxylation is 2. The SMILES string of the molecule is Cc1ccc(C2=C(N3CCC(C)CC3)C(=O)N(c3ccc(Cl)cc3)C2=O)c(C)c1. The van der Waals surface area contributed by atoms with Crippen molar-refractivity contribution in [3.8, 4) is 0 Å². The Labute approximate surface area is 176 Å². The fourth-order valence-corrected chi connectivity index (χ4v) is 4.33. The quantitative estimate of drug-likeness (QED) is 0.673. The second kappa shape index (κ2) is 7.68. The van der Waals surface area contributed by atoms with Crippen LogP contribution in [0.25, 0.3) is 5.57 Å². The van der Waals surface area contributed by atoms with Crippen molar-refractivity contribution in [3.05, 3.63) is 69.9 Å². The third-order valence-electron chi connectivity index (χ3n) is 5.90. The Bertz CT molecular complexity index is 1000. The van der Waals surface area contributed by atoms with Gasteiger partial charge in [0.1, 0.15) is 5.70 Å². The molecule has 0 saturated carbocycles. The van der Waals surface area contributed by atoms with Crippen LogP contribution in [0, 0.1) is 19.8 Å². The number of amides is 2. The number of piperidine rings is 1. The van der Waals surface area contributed by atoms with Gasteiger partial charge in [-0.25, -0.2) is 4.90 Å². The first-order valence-electron chi connectivity index (χ1n) is 10.1. The summed E-state index contributed by atoms with van der Waals surface area (Å²) < 4.78 is 0. The number of hydrogen-bond acceptors (Lipinski definition) is 3. The van der Waals surface area contributed by atoms with Gasteiger partial charge in [-0.1, -0.05) is 42.3 Å². The van der Waals surface area contributed by atoms with Gasteiger partial charge in [0.25, 0.3) is 11.8 Å². The smallest absolute Gasteiger partial charge is 0.282 e. The monoisotopic (exact) mass is 408 g/mol. The van der Waals surface area contributed by atoms with Crippen LogP contribution in [0.15, 0.2) is 48.2 Å². The van der Waals surface area contributed by atoms with Crippen molar-refractivity contribution in [3.63, 3.8) is 0 Å². The first kappa shape index (κ1) is 19.7. The van der Waals surface area contributed by atoms with Crippen molar-refractivity contribution in [1.29, 1.82) is 0 Å². The molecule has 1 fully saturated rings. The lowest BCUT2D eigenvalue weighted by atomic mass is 9.95. The molecule has 4 nitrogen and oxygen atoms in total. The molecule has 4 rings (SSSR count). The minimum absolute atomic E-state index is 0.248. The van der Waals surface area contributed by atoms with E-state index >= 15 is 0 Å². The lowest BCUT2D eigenvalue weighted by Gasteiger charge is -2.32. The summed E-state index contributed by atoms with van der Waals surface area (Å²) in [7, 11) is 0. The number of likely N-dealkylation sites (tertiary alicyclic amines) is 1. The van der Waals surface area contributed by atoms with Crippen molar-refractivity contribution < 1.29 is 9.59 Å². The van der Waals surface area contributed by atoms with E-state index in [4.69, 9.17) is 11.6 Å². The number of carbonyl (C=O) groups excluding carboxylic acids is 2. The van der Waals surface area contributed by atoms with Gasteiger partial charge in [-0.3, -0.25) is 9.59 Å². The molecule has 1 saturated heterocycles. The maximum absolute atomic E-state index is 13.5. The molecule has 150 valence electrons. The number of halogens is 1. The van der Waals surface area contributed by atoms with Crippen LogP contribution in [0.3, 0.4) is 0 Å². The molecule has 2 aliphatic heterocycles. The highest BCUT2D eigenvalue weighted by atomic mass is 35.5. The molecule has 0 unspecified atom stereocenters. The molecule has 2 aromatic rings. The van der Waals surface area contributed by atoms with Crippen molar-refractivity contribution in [2.45, 2.75) is 33.6 Å². The summed E-state index contributed by atoms with van der Waals surface area (Å²) in [6.45, 7) is 7.84. The number of hydrogen-bond donors (Lipinski definition) is 0. The Morgan fingerprint density at radius 1 is 0.931 bits per heavy atom. The average molecular weight is 409 g/mol. The highest BCUT2D eigenvalue weighted by Crippen LogP contribution is 2.37. The number of benzene rings is 2. The molecule has 5 heteroatoms. The summed E-state index contributed by atoms with van der Waals surface area (Å²) in [5.74, 6) is 0.121. The third-order valence-corrected chi connectivity index (χ3v) is 6.15. The summed E-state index contributed by atoms with van der Waals surface area (Å²) in [4.78, 5) is 30.5. The fraction of sp³-hybridized carbons (Fsp3) is 0.333. The van der Waals surface area contributed by atoms with Gasteiger partial charge < -0.3 is 4.90 Å². The predicted molar refractivity (Wildman–Crippen MR) is 117 cm³/mol. The van der Waals surface area contributed by atoms with Gasteiger partial charge in [0.2, 0.25) is 0 Å². The second-order valence-electron chi connectivity index (χ2n) is 8.13. The first-order chi connectivity index (χ1) is 13.9. The van der Waals surface area contributed by atoms with E-state index in [-0.39, 0.29) is 11.8 Å². The summed E-state index contributed by atoms with van der Waals surface area (Å²) in [5, 5.41) is 0.570. The molecule has 29 heavy (non-hydrogen) atoms. The Morgan fingerprint density at radius 2 is 1.59 bits per heavy atom. The fourth-order valence-electron chi connectivity index (χ4n) is 4.21. The van der Waals surface area contributed by atoms with Crippen LogP contribution in [0.4, 0.5) is 5.69 Å². The normalized spacial score (nSPS) is 18.2. The van der Waals surface area contributed by atoms with Crippen molar-refractivity contribution in [2.75, 3.05) is 18.0 Å². The molecular formula is C24H25ClN2O2. The molecular weight excluding hydrogens is 384 g/mol. The van der Waals surface area contributed by atoms with Crippen LogP contribution in [0.2, 0.25) is 5.02 Å². The van der Waals surface area contributed by atoms with Crippen LogP contribution >= 0.6 is 11.6 Å². The Hall–Kier alpha value is -2.59. The largest absolute Gasteiger partial charge is 0.366 e. The van der Waals surface area contributed by atoms with Crippen LogP contribution < -0.4 is 4.90 Å². The van der Waals surface area contributed by atoms with Gasteiger partial charge in [0.05, 0.1) is 11.3 Å². The zero-order valence-corrected chi connectivity index (χ0v) is 17.8. The number of carbonyl (C=O) groups is 2. The second-order valence-corrected chi connectivity index (χ2v) is 8.57. The van der Waals surface area contributed by atoms with E-state index in [1.54, 1.807) is 24.3 Å². The summed E-state index contributed by atoms with van der Waals surface area (Å²) >= 11 is 6.01. The Morgan fingerprint density at radius 3 is 2.21 bits per heavy atom. The Kier molecular flexibility index (Phi) is 5.22. The van der Waals surface area contributed by atoms with Crippen LogP contribution in [-0.4, -0.2) is 29.8 Å². The maximum Gasteiger partial charge on any atom is 0.282 e. The van der Waals surface area contributed by atoms with E-state index in [1.165, 1.54) is 4.90 Å². The van der Waals surface area contributed by atoms with Crippen molar-refractivity contribution >= 4 is 34.7 Å². The Balaban J connectivity index is 1.83. The molecule has 0 aromatic heterocycles. The molecule has 0 bridgehead atoms. The minimum atomic E-state index is -0.266. The summed E-state index contributed by atoms with van der Waals surface area (Å²) in [5.41, 5.74) is 4.56. The van der Waals surface area contributed by atoms with Crippen molar-refractivity contribution in [2.24, 2.45) is 5.92 Å². The molecule has 2 amide bonds. The van der Waals surface area contributed by atoms with Crippen LogP contribution in [-0.2, 0) is 9.59 Å². The van der Waals surface area contributed by atoms with Gasteiger partial charge in [-0.15, -0.1) is 0 Å². The molecule has 0 spiro atoms. The minimum Gasteiger partial charge on any atom is -0.366 e. The van der Waals surface area contributed by atoms with E-state index in [2.05, 4.69) is 17.9 Å². The maximum atomic E-state index is 13.5. The molecule has 0 radical (unpaired) electrons. The number of imide groups is 1. The predicted octanol–water partition coefficient (Wildman–Crippen LogP) is 4.97. The molecule has 0 aliphatic carbocycles. The standard InChI is InChI=1S/C24H25ClN2O2/c1-15-10-12-26(13-11-15)22-21(20-9-4-16(2)14-17(20)3)23(28)27(24(22)29)19-7-5-18(25)6-8-19/h4-9,14-15H,10-13H2,1-3H3. The zero-order chi connectivity index (χ0) is 20.7. The van der Waals surface area contributed by atoms with E-state index in [9.17, 15) is 9.59 Å². The van der Waals surface area contributed by atoms with E-state index in [0.717, 1.165) is 42.6 Å². The lowest BCUT2D eigenvalue weighted by Crippen LogP contribution is -2.38. The molecule has 0 N–H and O–H groups in total. The first-order valence-corrected chi connectivity index (χ1v) is 10.5.